The predicted octanol–water partition coefficient (Wildman–Crippen LogP) is 2.76. The molecule has 0 aromatic heterocycles. The molecule has 17 heavy (non-hydrogen) atoms. The number of nitrogens with zero attached hydrogens (tertiary/aromatic N) is 1. The highest BCUT2D eigenvalue weighted by Gasteiger charge is 2.14. The van der Waals surface area contributed by atoms with Crippen LogP contribution in [-0.4, -0.2) is 11.4 Å². The minimum absolute atomic E-state index is 0.211. The van der Waals surface area contributed by atoms with Crippen molar-refractivity contribution in [3.8, 4) is 0 Å². The van der Waals surface area contributed by atoms with Crippen LogP contribution in [0, 0.1) is 0 Å². The summed E-state index contributed by atoms with van der Waals surface area (Å²) < 4.78 is 0. The monoisotopic (exact) mass is 226 g/mol. The van der Waals surface area contributed by atoms with Crippen molar-refractivity contribution in [3.63, 3.8) is 0 Å². The smallest absolute Gasteiger partial charge is 0.0722 e. The molecule has 88 valence electrons. The number of rotatable bonds is 4. The van der Waals surface area contributed by atoms with Gasteiger partial charge in [0.15, 0.2) is 0 Å². The van der Waals surface area contributed by atoms with Gasteiger partial charge in [-0.05, 0) is 17.2 Å². The Morgan fingerprint density at radius 1 is 1.41 bits per heavy atom. The van der Waals surface area contributed by atoms with E-state index < -0.39 is 0 Å². The number of hydrogen-bond acceptors (Lipinski definition) is 2. The standard InChI is InChI=1S/C15H18N2/c1-2-15(17-9-4-3-5-10-17)14-8-6-7-13(11-14)12-16/h2-9,11,15H,1,10,12,16H2. The van der Waals surface area contributed by atoms with Crippen molar-refractivity contribution < 1.29 is 0 Å². The van der Waals surface area contributed by atoms with Gasteiger partial charge in [0.25, 0.3) is 0 Å². The largest absolute Gasteiger partial charge is 0.363 e. The Morgan fingerprint density at radius 3 is 2.94 bits per heavy atom. The maximum atomic E-state index is 5.67. The van der Waals surface area contributed by atoms with Crippen molar-refractivity contribution in [3.05, 3.63) is 72.5 Å². The van der Waals surface area contributed by atoms with Crippen molar-refractivity contribution in [2.24, 2.45) is 5.73 Å². The maximum Gasteiger partial charge on any atom is 0.0722 e. The molecule has 0 bridgehead atoms. The lowest BCUT2D eigenvalue weighted by molar-refractivity contribution is 0.355. The Labute approximate surface area is 103 Å². The Kier molecular flexibility index (Phi) is 3.78. The summed E-state index contributed by atoms with van der Waals surface area (Å²) in [4.78, 5) is 2.25. The summed E-state index contributed by atoms with van der Waals surface area (Å²) in [6, 6.07) is 8.59. The van der Waals surface area contributed by atoms with Crippen LogP contribution in [-0.2, 0) is 6.54 Å². The molecular formula is C15H18N2. The van der Waals surface area contributed by atoms with Crippen LogP contribution in [0.5, 0.6) is 0 Å². The van der Waals surface area contributed by atoms with Crippen LogP contribution in [0.15, 0.2) is 61.3 Å². The first kappa shape index (κ1) is 11.7. The lowest BCUT2D eigenvalue weighted by atomic mass is 10.0. The number of hydrogen-bond donors (Lipinski definition) is 1. The van der Waals surface area contributed by atoms with E-state index >= 15 is 0 Å². The zero-order valence-electron chi connectivity index (χ0n) is 9.92. The topological polar surface area (TPSA) is 29.3 Å². The van der Waals surface area contributed by atoms with E-state index in [0.29, 0.717) is 6.54 Å². The fraction of sp³-hybridized carbons (Fsp3) is 0.200. The SMILES string of the molecule is C=CC(c1cccc(CN)c1)N1C=CC=CC1. The van der Waals surface area contributed by atoms with Crippen LogP contribution in [0.3, 0.4) is 0 Å². The molecule has 0 radical (unpaired) electrons. The van der Waals surface area contributed by atoms with E-state index in [1.54, 1.807) is 0 Å². The van der Waals surface area contributed by atoms with Crippen LogP contribution in [0.1, 0.15) is 17.2 Å². The fourth-order valence-corrected chi connectivity index (χ4v) is 2.06. The van der Waals surface area contributed by atoms with Crippen molar-refractivity contribution >= 4 is 0 Å². The quantitative estimate of drug-likeness (QED) is 0.800. The first-order chi connectivity index (χ1) is 8.35. The fourth-order valence-electron chi connectivity index (χ4n) is 2.06. The molecule has 2 N–H and O–H groups in total. The van der Waals surface area contributed by atoms with Crippen molar-refractivity contribution in [1.29, 1.82) is 0 Å². The molecule has 2 rings (SSSR count). The van der Waals surface area contributed by atoms with E-state index in [1.165, 1.54) is 5.56 Å². The van der Waals surface area contributed by atoms with Crippen LogP contribution in [0.4, 0.5) is 0 Å². The summed E-state index contributed by atoms with van der Waals surface area (Å²) in [6.45, 7) is 5.43. The average Bonchev–Trinajstić information content (AvgIpc) is 2.41. The predicted molar refractivity (Wildman–Crippen MR) is 72.3 cm³/mol. The molecule has 1 heterocycles. The van der Waals surface area contributed by atoms with E-state index in [2.05, 4.69) is 54.1 Å². The van der Waals surface area contributed by atoms with E-state index in [-0.39, 0.29) is 6.04 Å². The molecule has 0 saturated carbocycles. The highest BCUT2D eigenvalue weighted by Crippen LogP contribution is 2.24. The first-order valence-corrected chi connectivity index (χ1v) is 5.85. The normalized spacial score (nSPS) is 15.9. The second-order valence-corrected chi connectivity index (χ2v) is 4.10. The zero-order valence-corrected chi connectivity index (χ0v) is 9.92. The second kappa shape index (κ2) is 5.51. The lowest BCUT2D eigenvalue weighted by Gasteiger charge is -2.29. The van der Waals surface area contributed by atoms with Gasteiger partial charge in [-0.3, -0.25) is 0 Å². The minimum Gasteiger partial charge on any atom is -0.363 e. The molecule has 0 spiro atoms. The highest BCUT2D eigenvalue weighted by molar-refractivity contribution is 5.29. The zero-order chi connectivity index (χ0) is 12.1. The van der Waals surface area contributed by atoms with Gasteiger partial charge < -0.3 is 10.6 Å². The van der Waals surface area contributed by atoms with Crippen molar-refractivity contribution in [2.75, 3.05) is 6.54 Å². The Morgan fingerprint density at radius 2 is 2.29 bits per heavy atom. The van der Waals surface area contributed by atoms with Crippen molar-refractivity contribution in [2.45, 2.75) is 12.6 Å². The van der Waals surface area contributed by atoms with E-state index in [9.17, 15) is 0 Å². The van der Waals surface area contributed by atoms with E-state index in [1.807, 2.05) is 12.2 Å². The molecule has 0 amide bonds. The Balaban J connectivity index is 2.25. The number of allylic oxidation sites excluding steroid dienone is 2. The third-order valence-corrected chi connectivity index (χ3v) is 2.95. The van der Waals surface area contributed by atoms with Gasteiger partial charge in [0.1, 0.15) is 0 Å². The first-order valence-electron chi connectivity index (χ1n) is 5.85. The number of benzene rings is 1. The average molecular weight is 226 g/mol. The summed E-state index contributed by atoms with van der Waals surface area (Å²) in [7, 11) is 0. The Hall–Kier alpha value is -1.80. The van der Waals surface area contributed by atoms with E-state index in [4.69, 9.17) is 5.73 Å². The summed E-state index contributed by atoms with van der Waals surface area (Å²) in [5, 5.41) is 0. The molecule has 1 unspecified atom stereocenters. The van der Waals surface area contributed by atoms with Gasteiger partial charge in [-0.15, -0.1) is 6.58 Å². The van der Waals surface area contributed by atoms with Crippen LogP contribution in [0.25, 0.3) is 0 Å². The molecule has 1 aliphatic heterocycles. The Bertz CT molecular complexity index is 446. The third kappa shape index (κ3) is 2.66. The highest BCUT2D eigenvalue weighted by atomic mass is 15.1. The molecular weight excluding hydrogens is 208 g/mol. The van der Waals surface area contributed by atoms with Gasteiger partial charge in [0, 0.05) is 19.3 Å². The van der Waals surface area contributed by atoms with Gasteiger partial charge in [-0.2, -0.15) is 0 Å². The number of nitrogens with two attached hydrogens (primary N) is 1. The van der Waals surface area contributed by atoms with Gasteiger partial charge >= 0.3 is 0 Å². The maximum absolute atomic E-state index is 5.67. The summed E-state index contributed by atoms with van der Waals surface area (Å²) in [5.74, 6) is 0. The molecule has 1 aliphatic rings. The second-order valence-electron chi connectivity index (χ2n) is 4.10. The molecule has 1 atom stereocenters. The molecule has 1 aromatic carbocycles. The summed E-state index contributed by atoms with van der Waals surface area (Å²) >= 11 is 0. The summed E-state index contributed by atoms with van der Waals surface area (Å²) in [6.07, 6.45) is 10.3. The van der Waals surface area contributed by atoms with Crippen LogP contribution >= 0.6 is 0 Å². The van der Waals surface area contributed by atoms with Gasteiger partial charge in [0.2, 0.25) is 0 Å². The van der Waals surface area contributed by atoms with Gasteiger partial charge in [-0.25, -0.2) is 0 Å². The van der Waals surface area contributed by atoms with Crippen LogP contribution in [0.2, 0.25) is 0 Å². The molecule has 1 aromatic rings. The van der Waals surface area contributed by atoms with Crippen LogP contribution < -0.4 is 5.73 Å². The van der Waals surface area contributed by atoms with Gasteiger partial charge in [0.05, 0.1) is 6.04 Å². The molecule has 0 aliphatic carbocycles. The third-order valence-electron chi connectivity index (χ3n) is 2.95. The molecule has 0 saturated heterocycles. The minimum atomic E-state index is 0.211. The molecule has 0 fully saturated rings. The van der Waals surface area contributed by atoms with Crippen molar-refractivity contribution in [1.82, 2.24) is 4.90 Å². The van der Waals surface area contributed by atoms with E-state index in [0.717, 1.165) is 12.1 Å². The molecule has 2 nitrogen and oxygen atoms in total. The lowest BCUT2D eigenvalue weighted by Crippen LogP contribution is -2.23. The summed E-state index contributed by atoms with van der Waals surface area (Å²) in [5.41, 5.74) is 8.07. The molecule has 2 heteroatoms. The van der Waals surface area contributed by atoms with Gasteiger partial charge in [-0.1, -0.05) is 42.5 Å².